The van der Waals surface area contributed by atoms with Crippen LogP contribution < -0.4 is 0 Å². The van der Waals surface area contributed by atoms with Crippen molar-refractivity contribution in [2.24, 2.45) is 0 Å². The number of halogens is 2. The standard InChI is InChI=1S/C10H7BrClNO/c11-6-3-9-8(4-7(6)12)13-10(14-9)5-1-2-5/h3-5H,1-2H2. The second kappa shape index (κ2) is 2.97. The third-order valence-electron chi connectivity index (χ3n) is 2.37. The number of benzene rings is 1. The molecular weight excluding hydrogens is 265 g/mol. The second-order valence-electron chi connectivity index (χ2n) is 3.56. The molecule has 1 heterocycles. The first-order valence-electron chi connectivity index (χ1n) is 4.49. The van der Waals surface area contributed by atoms with E-state index in [4.69, 9.17) is 16.0 Å². The summed E-state index contributed by atoms with van der Waals surface area (Å²) in [6.07, 6.45) is 2.39. The third kappa shape index (κ3) is 1.35. The number of hydrogen-bond donors (Lipinski definition) is 0. The molecule has 0 spiro atoms. The average Bonchev–Trinajstić information content (AvgIpc) is 2.90. The minimum absolute atomic E-state index is 0.542. The molecule has 2 nitrogen and oxygen atoms in total. The molecule has 1 fully saturated rings. The van der Waals surface area contributed by atoms with Gasteiger partial charge in [-0.3, -0.25) is 0 Å². The van der Waals surface area contributed by atoms with Crippen molar-refractivity contribution >= 4 is 38.6 Å². The average molecular weight is 273 g/mol. The molecule has 2 aromatic rings. The molecule has 3 rings (SSSR count). The van der Waals surface area contributed by atoms with E-state index in [1.165, 1.54) is 12.8 Å². The first kappa shape index (κ1) is 8.74. The van der Waals surface area contributed by atoms with E-state index < -0.39 is 0 Å². The van der Waals surface area contributed by atoms with Crippen molar-refractivity contribution in [1.29, 1.82) is 0 Å². The van der Waals surface area contributed by atoms with Crippen LogP contribution in [0.4, 0.5) is 0 Å². The molecule has 0 aliphatic heterocycles. The van der Waals surface area contributed by atoms with Crippen LogP contribution >= 0.6 is 27.5 Å². The van der Waals surface area contributed by atoms with E-state index in [-0.39, 0.29) is 0 Å². The van der Waals surface area contributed by atoms with Gasteiger partial charge in [0.25, 0.3) is 0 Å². The molecular formula is C10H7BrClNO. The summed E-state index contributed by atoms with van der Waals surface area (Å²) >= 11 is 9.32. The van der Waals surface area contributed by atoms with Crippen LogP contribution in [-0.2, 0) is 0 Å². The maximum atomic E-state index is 5.96. The Bertz CT molecular complexity index is 465. The Morgan fingerprint density at radius 2 is 2.21 bits per heavy atom. The minimum atomic E-state index is 0.542. The van der Waals surface area contributed by atoms with Gasteiger partial charge in [0.05, 0.1) is 5.02 Å². The maximum absolute atomic E-state index is 5.96. The zero-order chi connectivity index (χ0) is 9.71. The highest BCUT2D eigenvalue weighted by atomic mass is 79.9. The van der Waals surface area contributed by atoms with Gasteiger partial charge in [-0.05, 0) is 40.9 Å². The van der Waals surface area contributed by atoms with E-state index >= 15 is 0 Å². The number of oxazole rings is 1. The summed E-state index contributed by atoms with van der Waals surface area (Å²) in [6, 6.07) is 3.70. The van der Waals surface area contributed by atoms with Gasteiger partial charge in [0.1, 0.15) is 5.52 Å². The van der Waals surface area contributed by atoms with Gasteiger partial charge in [0, 0.05) is 10.4 Å². The molecule has 0 bridgehead atoms. The highest BCUT2D eigenvalue weighted by Crippen LogP contribution is 2.41. The fourth-order valence-electron chi connectivity index (χ4n) is 1.45. The number of rotatable bonds is 1. The van der Waals surface area contributed by atoms with Gasteiger partial charge in [0.2, 0.25) is 0 Å². The summed E-state index contributed by atoms with van der Waals surface area (Å²) in [5.41, 5.74) is 1.66. The number of fused-ring (bicyclic) bond motifs is 1. The summed E-state index contributed by atoms with van der Waals surface area (Å²) in [5.74, 6) is 1.40. The molecule has 1 aromatic heterocycles. The Morgan fingerprint density at radius 3 is 2.93 bits per heavy atom. The lowest BCUT2D eigenvalue weighted by Gasteiger charge is -1.92. The van der Waals surface area contributed by atoms with Crippen LogP contribution in [0, 0.1) is 0 Å². The zero-order valence-electron chi connectivity index (χ0n) is 7.26. The Labute approximate surface area is 94.4 Å². The molecule has 1 aliphatic carbocycles. The monoisotopic (exact) mass is 271 g/mol. The van der Waals surface area contributed by atoms with Crippen molar-refractivity contribution in [3.8, 4) is 0 Å². The van der Waals surface area contributed by atoms with Crippen LogP contribution in [0.25, 0.3) is 11.1 Å². The van der Waals surface area contributed by atoms with Crippen LogP contribution in [0.3, 0.4) is 0 Å². The fraction of sp³-hybridized carbons (Fsp3) is 0.300. The lowest BCUT2D eigenvalue weighted by Crippen LogP contribution is -1.75. The highest BCUT2D eigenvalue weighted by Gasteiger charge is 2.28. The Morgan fingerprint density at radius 1 is 1.43 bits per heavy atom. The first-order valence-corrected chi connectivity index (χ1v) is 5.66. The van der Waals surface area contributed by atoms with Crippen LogP contribution in [0.15, 0.2) is 21.0 Å². The van der Waals surface area contributed by atoms with Gasteiger partial charge in [-0.15, -0.1) is 0 Å². The van der Waals surface area contributed by atoms with Gasteiger partial charge in [-0.2, -0.15) is 0 Å². The molecule has 1 aromatic carbocycles. The molecule has 1 saturated carbocycles. The van der Waals surface area contributed by atoms with E-state index in [0.29, 0.717) is 10.9 Å². The van der Waals surface area contributed by atoms with Crippen molar-refractivity contribution in [2.75, 3.05) is 0 Å². The fourth-order valence-corrected chi connectivity index (χ4v) is 1.93. The number of hydrogen-bond acceptors (Lipinski definition) is 2. The van der Waals surface area contributed by atoms with Gasteiger partial charge >= 0.3 is 0 Å². The molecule has 4 heteroatoms. The Kier molecular flexibility index (Phi) is 1.86. The van der Waals surface area contributed by atoms with Gasteiger partial charge in [-0.25, -0.2) is 4.98 Å². The summed E-state index contributed by atoms with van der Waals surface area (Å²) in [4.78, 5) is 4.40. The molecule has 0 N–H and O–H groups in total. The van der Waals surface area contributed by atoms with Gasteiger partial charge in [0.15, 0.2) is 11.5 Å². The van der Waals surface area contributed by atoms with E-state index in [2.05, 4.69) is 20.9 Å². The Hall–Kier alpha value is -0.540. The van der Waals surface area contributed by atoms with E-state index in [9.17, 15) is 0 Å². The van der Waals surface area contributed by atoms with Crippen molar-refractivity contribution < 1.29 is 4.42 Å². The minimum Gasteiger partial charge on any atom is -0.440 e. The quantitative estimate of drug-likeness (QED) is 0.780. The van der Waals surface area contributed by atoms with Crippen LogP contribution in [0.5, 0.6) is 0 Å². The van der Waals surface area contributed by atoms with E-state index in [1.807, 2.05) is 12.1 Å². The van der Waals surface area contributed by atoms with Crippen LogP contribution in [0.1, 0.15) is 24.7 Å². The predicted molar refractivity (Wildman–Crippen MR) is 58.7 cm³/mol. The number of aromatic nitrogens is 1. The molecule has 0 unspecified atom stereocenters. The molecule has 72 valence electrons. The summed E-state index contributed by atoms with van der Waals surface area (Å²) in [5, 5.41) is 0.674. The lowest BCUT2D eigenvalue weighted by atomic mass is 10.3. The summed E-state index contributed by atoms with van der Waals surface area (Å²) in [6.45, 7) is 0. The van der Waals surface area contributed by atoms with E-state index in [1.54, 1.807) is 0 Å². The van der Waals surface area contributed by atoms with Crippen molar-refractivity contribution in [2.45, 2.75) is 18.8 Å². The van der Waals surface area contributed by atoms with Gasteiger partial charge in [-0.1, -0.05) is 11.6 Å². The molecule has 0 amide bonds. The second-order valence-corrected chi connectivity index (χ2v) is 4.82. The molecule has 14 heavy (non-hydrogen) atoms. The summed E-state index contributed by atoms with van der Waals surface area (Å²) in [7, 11) is 0. The normalized spacial score (nSPS) is 16.4. The first-order chi connectivity index (χ1) is 6.74. The smallest absolute Gasteiger partial charge is 0.198 e. The number of nitrogens with zero attached hydrogens (tertiary/aromatic N) is 1. The molecule has 0 radical (unpaired) electrons. The van der Waals surface area contributed by atoms with Crippen molar-refractivity contribution in [1.82, 2.24) is 4.98 Å². The van der Waals surface area contributed by atoms with E-state index in [0.717, 1.165) is 21.5 Å². The molecule has 0 saturated heterocycles. The maximum Gasteiger partial charge on any atom is 0.198 e. The van der Waals surface area contributed by atoms with Crippen LogP contribution in [-0.4, -0.2) is 4.98 Å². The Balaban J connectivity index is 2.22. The highest BCUT2D eigenvalue weighted by molar-refractivity contribution is 9.10. The predicted octanol–water partition coefficient (Wildman–Crippen LogP) is 4.12. The van der Waals surface area contributed by atoms with Gasteiger partial charge < -0.3 is 4.42 Å². The third-order valence-corrected chi connectivity index (χ3v) is 3.57. The van der Waals surface area contributed by atoms with Crippen molar-refractivity contribution in [3.05, 3.63) is 27.5 Å². The topological polar surface area (TPSA) is 26.0 Å². The molecule has 1 aliphatic rings. The molecule has 0 atom stereocenters. The largest absolute Gasteiger partial charge is 0.440 e. The zero-order valence-corrected chi connectivity index (χ0v) is 9.60. The van der Waals surface area contributed by atoms with Crippen LogP contribution in [0.2, 0.25) is 5.02 Å². The summed E-state index contributed by atoms with van der Waals surface area (Å²) < 4.78 is 6.48. The lowest BCUT2D eigenvalue weighted by molar-refractivity contribution is 0.533. The SMILES string of the molecule is Clc1cc2nc(C3CC3)oc2cc1Br. The van der Waals surface area contributed by atoms with Crippen molar-refractivity contribution in [3.63, 3.8) is 0 Å².